The molecule has 0 unspecified atom stereocenters. The molecule has 1 aromatic carbocycles. The molecule has 0 radical (unpaired) electrons. The SMILES string of the molecule is Cc1oc(CNC(=O)c2cc(Cl)ccc2OC(C)C)cc1C(=O)O. The lowest BCUT2D eigenvalue weighted by atomic mass is 10.2. The second-order valence-electron chi connectivity index (χ2n) is 5.48. The molecule has 2 N–H and O–H groups in total. The van der Waals surface area contributed by atoms with E-state index in [2.05, 4.69) is 5.32 Å². The number of ether oxygens (including phenoxy) is 1. The summed E-state index contributed by atoms with van der Waals surface area (Å²) < 4.78 is 10.9. The Morgan fingerprint density at radius 2 is 2.00 bits per heavy atom. The van der Waals surface area contributed by atoms with Crippen molar-refractivity contribution in [1.82, 2.24) is 5.32 Å². The molecule has 0 saturated carbocycles. The van der Waals surface area contributed by atoms with Gasteiger partial charge in [0.2, 0.25) is 0 Å². The van der Waals surface area contributed by atoms with Gasteiger partial charge in [-0.05, 0) is 45.0 Å². The maximum Gasteiger partial charge on any atom is 0.339 e. The minimum atomic E-state index is -1.07. The highest BCUT2D eigenvalue weighted by Gasteiger charge is 2.17. The lowest BCUT2D eigenvalue weighted by Gasteiger charge is -2.14. The number of halogens is 1. The molecule has 0 fully saturated rings. The largest absolute Gasteiger partial charge is 0.490 e. The number of rotatable bonds is 6. The van der Waals surface area contributed by atoms with E-state index >= 15 is 0 Å². The number of benzene rings is 1. The first kappa shape index (κ1) is 17.9. The Morgan fingerprint density at radius 1 is 1.29 bits per heavy atom. The van der Waals surface area contributed by atoms with Crippen molar-refractivity contribution in [2.45, 2.75) is 33.4 Å². The monoisotopic (exact) mass is 351 g/mol. The summed E-state index contributed by atoms with van der Waals surface area (Å²) in [5, 5.41) is 12.1. The Bertz CT molecular complexity index is 766. The van der Waals surface area contributed by atoms with Crippen LogP contribution in [-0.2, 0) is 6.54 Å². The Balaban J connectivity index is 2.14. The zero-order valence-electron chi connectivity index (χ0n) is 13.6. The molecule has 1 heterocycles. The summed E-state index contributed by atoms with van der Waals surface area (Å²) in [7, 11) is 0. The van der Waals surface area contributed by atoms with Gasteiger partial charge in [-0.3, -0.25) is 4.79 Å². The Hall–Kier alpha value is -2.47. The third kappa shape index (κ3) is 4.29. The van der Waals surface area contributed by atoms with Gasteiger partial charge in [0.25, 0.3) is 5.91 Å². The molecule has 24 heavy (non-hydrogen) atoms. The molecule has 0 atom stereocenters. The summed E-state index contributed by atoms with van der Waals surface area (Å²) >= 11 is 5.95. The zero-order valence-corrected chi connectivity index (χ0v) is 14.3. The Labute approximate surface area is 144 Å². The fourth-order valence-corrected chi connectivity index (χ4v) is 2.31. The first-order chi connectivity index (χ1) is 11.3. The summed E-state index contributed by atoms with van der Waals surface area (Å²) in [5.74, 6) is -0.394. The highest BCUT2D eigenvalue weighted by atomic mass is 35.5. The van der Waals surface area contributed by atoms with Crippen molar-refractivity contribution in [3.63, 3.8) is 0 Å². The van der Waals surface area contributed by atoms with E-state index in [1.807, 2.05) is 13.8 Å². The van der Waals surface area contributed by atoms with Crippen molar-refractivity contribution in [2.24, 2.45) is 0 Å². The molecule has 0 aliphatic heterocycles. The van der Waals surface area contributed by atoms with E-state index in [1.54, 1.807) is 19.1 Å². The van der Waals surface area contributed by atoms with E-state index in [-0.39, 0.29) is 24.1 Å². The Morgan fingerprint density at radius 3 is 2.58 bits per heavy atom. The number of nitrogens with one attached hydrogen (secondary N) is 1. The third-order valence-electron chi connectivity index (χ3n) is 3.17. The smallest absolute Gasteiger partial charge is 0.339 e. The molecule has 128 valence electrons. The van der Waals surface area contributed by atoms with Gasteiger partial charge in [-0.2, -0.15) is 0 Å². The average molecular weight is 352 g/mol. The summed E-state index contributed by atoms with van der Waals surface area (Å²) in [6, 6.07) is 6.19. The number of furan rings is 1. The number of hydrogen-bond acceptors (Lipinski definition) is 4. The van der Waals surface area contributed by atoms with Gasteiger partial charge < -0.3 is 19.6 Å². The molecule has 0 saturated heterocycles. The topological polar surface area (TPSA) is 88.8 Å². The van der Waals surface area contributed by atoms with Crippen LogP contribution in [0.3, 0.4) is 0 Å². The number of carbonyl (C=O) groups is 2. The van der Waals surface area contributed by atoms with Crippen molar-refractivity contribution in [1.29, 1.82) is 0 Å². The summed E-state index contributed by atoms with van der Waals surface area (Å²) in [5.41, 5.74) is 0.378. The molecular weight excluding hydrogens is 334 g/mol. The van der Waals surface area contributed by atoms with E-state index in [1.165, 1.54) is 12.1 Å². The molecular formula is C17H18ClNO5. The minimum absolute atomic E-state index is 0.0561. The Kier molecular flexibility index (Phi) is 5.51. The van der Waals surface area contributed by atoms with E-state index in [0.717, 1.165) is 0 Å². The summed E-state index contributed by atoms with van der Waals surface area (Å²) in [4.78, 5) is 23.4. The van der Waals surface area contributed by atoms with E-state index in [0.29, 0.717) is 27.9 Å². The number of carbonyl (C=O) groups excluding carboxylic acids is 1. The van der Waals surface area contributed by atoms with Crippen LogP contribution in [0.5, 0.6) is 5.75 Å². The van der Waals surface area contributed by atoms with Crippen molar-refractivity contribution in [3.8, 4) is 5.75 Å². The van der Waals surface area contributed by atoms with Gasteiger partial charge in [0.05, 0.1) is 18.2 Å². The van der Waals surface area contributed by atoms with Gasteiger partial charge in [0.15, 0.2) is 0 Å². The molecule has 0 bridgehead atoms. The van der Waals surface area contributed by atoms with Crippen LogP contribution < -0.4 is 10.1 Å². The standard InChI is InChI=1S/C17H18ClNO5/c1-9(2)23-15-5-4-11(18)6-14(15)16(20)19-8-12-7-13(17(21)22)10(3)24-12/h4-7,9H,8H2,1-3H3,(H,19,20)(H,21,22). The van der Waals surface area contributed by atoms with Crippen LogP contribution in [0.15, 0.2) is 28.7 Å². The summed E-state index contributed by atoms with van der Waals surface area (Å²) in [6.45, 7) is 5.33. The highest BCUT2D eigenvalue weighted by Crippen LogP contribution is 2.24. The fraction of sp³-hybridized carbons (Fsp3) is 0.294. The molecule has 1 aromatic heterocycles. The molecule has 1 amide bonds. The van der Waals surface area contributed by atoms with Crippen LogP contribution in [0.4, 0.5) is 0 Å². The van der Waals surface area contributed by atoms with Gasteiger partial charge in [-0.25, -0.2) is 4.79 Å². The van der Waals surface area contributed by atoms with Crippen molar-refractivity contribution in [3.05, 3.63) is 51.9 Å². The van der Waals surface area contributed by atoms with Crippen LogP contribution >= 0.6 is 11.6 Å². The number of hydrogen-bond donors (Lipinski definition) is 2. The second kappa shape index (κ2) is 7.40. The first-order valence-corrected chi connectivity index (χ1v) is 7.72. The highest BCUT2D eigenvalue weighted by molar-refractivity contribution is 6.31. The number of aryl methyl sites for hydroxylation is 1. The predicted octanol–water partition coefficient (Wildman–Crippen LogP) is 3.66. The summed E-state index contributed by atoms with van der Waals surface area (Å²) in [6.07, 6.45) is -0.0939. The van der Waals surface area contributed by atoms with Crippen LogP contribution in [0.2, 0.25) is 5.02 Å². The molecule has 2 rings (SSSR count). The lowest BCUT2D eigenvalue weighted by Crippen LogP contribution is -2.24. The third-order valence-corrected chi connectivity index (χ3v) is 3.41. The second-order valence-corrected chi connectivity index (χ2v) is 5.91. The van der Waals surface area contributed by atoms with E-state index in [9.17, 15) is 9.59 Å². The van der Waals surface area contributed by atoms with Gasteiger partial charge in [0, 0.05) is 5.02 Å². The van der Waals surface area contributed by atoms with Crippen molar-refractivity contribution >= 4 is 23.5 Å². The number of carboxylic acids is 1. The van der Waals surface area contributed by atoms with E-state index in [4.69, 9.17) is 25.9 Å². The van der Waals surface area contributed by atoms with Crippen molar-refractivity contribution < 1.29 is 23.8 Å². The molecule has 2 aromatic rings. The van der Waals surface area contributed by atoms with Gasteiger partial charge in [-0.1, -0.05) is 11.6 Å². The quantitative estimate of drug-likeness (QED) is 0.829. The first-order valence-electron chi connectivity index (χ1n) is 7.35. The normalized spacial score (nSPS) is 10.7. The zero-order chi connectivity index (χ0) is 17.9. The van der Waals surface area contributed by atoms with Gasteiger partial charge in [0.1, 0.15) is 22.8 Å². The van der Waals surface area contributed by atoms with Crippen molar-refractivity contribution in [2.75, 3.05) is 0 Å². The number of amides is 1. The predicted molar refractivity (Wildman–Crippen MR) is 88.8 cm³/mol. The van der Waals surface area contributed by atoms with Gasteiger partial charge in [-0.15, -0.1) is 0 Å². The van der Waals surface area contributed by atoms with Crippen LogP contribution in [0.1, 0.15) is 46.1 Å². The molecule has 0 aliphatic carbocycles. The molecule has 0 aliphatic rings. The number of aromatic carboxylic acids is 1. The van der Waals surface area contributed by atoms with Crippen LogP contribution in [0.25, 0.3) is 0 Å². The minimum Gasteiger partial charge on any atom is -0.490 e. The molecule has 0 spiro atoms. The molecule has 6 nitrogen and oxygen atoms in total. The fourth-order valence-electron chi connectivity index (χ4n) is 2.14. The number of carboxylic acid groups (broad SMARTS) is 1. The maximum atomic E-state index is 12.4. The van der Waals surface area contributed by atoms with Crippen LogP contribution in [0, 0.1) is 6.92 Å². The van der Waals surface area contributed by atoms with E-state index < -0.39 is 5.97 Å². The molecule has 7 heteroatoms. The lowest BCUT2D eigenvalue weighted by molar-refractivity contribution is 0.0694. The van der Waals surface area contributed by atoms with Gasteiger partial charge >= 0.3 is 5.97 Å². The maximum absolute atomic E-state index is 12.4. The van der Waals surface area contributed by atoms with Crippen LogP contribution in [-0.4, -0.2) is 23.1 Å². The average Bonchev–Trinajstić information content (AvgIpc) is 2.87.